The van der Waals surface area contributed by atoms with Crippen LogP contribution in [-0.2, 0) is 6.42 Å². The lowest BCUT2D eigenvalue weighted by atomic mass is 9.86. The van der Waals surface area contributed by atoms with Crippen LogP contribution in [-0.4, -0.2) is 32.2 Å². The maximum Gasteiger partial charge on any atom is 0.225 e. The molecule has 1 aromatic carbocycles. The van der Waals surface area contributed by atoms with E-state index in [4.69, 9.17) is 11.5 Å². The van der Waals surface area contributed by atoms with Crippen LogP contribution in [0.1, 0.15) is 36.6 Å². The van der Waals surface area contributed by atoms with Crippen LogP contribution in [0.4, 0.5) is 24.9 Å². The summed E-state index contributed by atoms with van der Waals surface area (Å²) >= 11 is 0. The lowest BCUT2D eigenvalue weighted by molar-refractivity contribution is 0.334. The molecule has 148 valence electrons. The van der Waals surface area contributed by atoms with E-state index in [1.807, 2.05) is 0 Å². The van der Waals surface area contributed by atoms with Crippen LogP contribution in [0.5, 0.6) is 0 Å². The highest BCUT2D eigenvalue weighted by Gasteiger charge is 2.31. The summed E-state index contributed by atoms with van der Waals surface area (Å²) in [7, 11) is 0. The van der Waals surface area contributed by atoms with Crippen molar-refractivity contribution < 1.29 is 13.2 Å². The van der Waals surface area contributed by atoms with Gasteiger partial charge in [0, 0.05) is 23.6 Å². The molecule has 1 saturated heterocycles. The Morgan fingerprint density at radius 3 is 2.68 bits per heavy atom. The lowest BCUT2D eigenvalue weighted by Gasteiger charge is -2.30. The summed E-state index contributed by atoms with van der Waals surface area (Å²) in [5.74, 6) is -2.95. The monoisotopic (exact) mass is 391 g/mol. The molecular weight excluding hydrogens is 371 g/mol. The molecule has 0 saturated carbocycles. The summed E-state index contributed by atoms with van der Waals surface area (Å²) in [5, 5.41) is 7.75. The van der Waals surface area contributed by atoms with Crippen LogP contribution in [0.25, 0.3) is 5.65 Å². The molecule has 7 nitrogen and oxygen atoms in total. The van der Waals surface area contributed by atoms with Crippen molar-refractivity contribution >= 4 is 17.4 Å². The number of anilines is 2. The standard InChI is InChI=1S/C18H20F3N7/c19-11-4-5-12(20)16(21)9(11)7-10(13-3-1-2-6-24-13)17-26-15-8-14(22)25-18(23)28(15)27-17/h4-5,8,10,13,24H,1-3,6-7,22H2,(H2,23,25). The van der Waals surface area contributed by atoms with Gasteiger partial charge in [0.05, 0.1) is 0 Å². The first-order valence-electron chi connectivity index (χ1n) is 9.08. The van der Waals surface area contributed by atoms with Crippen LogP contribution in [0.15, 0.2) is 18.2 Å². The number of nitrogen functional groups attached to an aromatic ring is 2. The zero-order chi connectivity index (χ0) is 19.8. The third-order valence-corrected chi connectivity index (χ3v) is 5.11. The SMILES string of the molecule is Nc1cc2nc(C(Cc3c(F)ccc(F)c3F)C3CCCCN3)nn2c(N)n1. The van der Waals surface area contributed by atoms with E-state index in [0.29, 0.717) is 11.5 Å². The lowest BCUT2D eigenvalue weighted by Crippen LogP contribution is -2.40. The maximum atomic E-state index is 14.3. The van der Waals surface area contributed by atoms with E-state index in [0.717, 1.165) is 37.9 Å². The van der Waals surface area contributed by atoms with Gasteiger partial charge in [-0.2, -0.15) is 9.50 Å². The normalized spacial score (nSPS) is 18.5. The highest BCUT2D eigenvalue weighted by molar-refractivity contribution is 5.51. The predicted molar refractivity (Wildman–Crippen MR) is 98.0 cm³/mol. The fraction of sp³-hybridized carbons (Fsp3) is 0.389. The summed E-state index contributed by atoms with van der Waals surface area (Å²) in [6, 6.07) is 3.11. The van der Waals surface area contributed by atoms with Gasteiger partial charge in [-0.15, -0.1) is 5.10 Å². The second kappa shape index (κ2) is 7.27. The van der Waals surface area contributed by atoms with Gasteiger partial charge < -0.3 is 16.8 Å². The largest absolute Gasteiger partial charge is 0.383 e. The number of nitrogens with two attached hydrogens (primary N) is 2. The molecule has 0 spiro atoms. The van der Waals surface area contributed by atoms with Gasteiger partial charge in [-0.3, -0.25) is 0 Å². The molecule has 28 heavy (non-hydrogen) atoms. The van der Waals surface area contributed by atoms with Crippen molar-refractivity contribution in [1.29, 1.82) is 0 Å². The number of hydrogen-bond donors (Lipinski definition) is 3. The minimum absolute atomic E-state index is 0.0622. The van der Waals surface area contributed by atoms with Crippen molar-refractivity contribution in [2.24, 2.45) is 0 Å². The van der Waals surface area contributed by atoms with Crippen molar-refractivity contribution in [3.63, 3.8) is 0 Å². The van der Waals surface area contributed by atoms with Gasteiger partial charge in [-0.1, -0.05) is 6.42 Å². The minimum atomic E-state index is -1.19. The number of piperidine rings is 1. The van der Waals surface area contributed by atoms with Gasteiger partial charge in [0.1, 0.15) is 11.6 Å². The van der Waals surface area contributed by atoms with Gasteiger partial charge >= 0.3 is 0 Å². The Bertz CT molecular complexity index is 1010. The molecule has 5 N–H and O–H groups in total. The van der Waals surface area contributed by atoms with Gasteiger partial charge in [-0.25, -0.2) is 18.2 Å². The number of aromatic nitrogens is 4. The van der Waals surface area contributed by atoms with E-state index in [1.165, 1.54) is 10.6 Å². The van der Waals surface area contributed by atoms with Gasteiger partial charge in [-0.05, 0) is 37.9 Å². The highest BCUT2D eigenvalue weighted by Crippen LogP contribution is 2.30. The molecular formula is C18H20F3N7. The van der Waals surface area contributed by atoms with Crippen LogP contribution < -0.4 is 16.8 Å². The van der Waals surface area contributed by atoms with Gasteiger partial charge in [0.2, 0.25) is 5.95 Å². The number of hydrogen-bond acceptors (Lipinski definition) is 6. The molecule has 1 aliphatic rings. The van der Waals surface area contributed by atoms with Gasteiger partial charge in [0.15, 0.2) is 23.1 Å². The molecule has 4 rings (SSSR count). The Balaban J connectivity index is 1.78. The van der Waals surface area contributed by atoms with Crippen LogP contribution in [0.2, 0.25) is 0 Å². The number of nitrogens with zero attached hydrogens (tertiary/aromatic N) is 4. The topological polar surface area (TPSA) is 107 Å². The zero-order valence-corrected chi connectivity index (χ0v) is 15.0. The zero-order valence-electron chi connectivity index (χ0n) is 15.0. The second-order valence-corrected chi connectivity index (χ2v) is 6.97. The molecule has 0 amide bonds. The van der Waals surface area contributed by atoms with Crippen molar-refractivity contribution in [2.45, 2.75) is 37.6 Å². The van der Waals surface area contributed by atoms with E-state index >= 15 is 0 Å². The van der Waals surface area contributed by atoms with E-state index in [-0.39, 0.29) is 29.8 Å². The number of rotatable bonds is 4. The molecule has 2 unspecified atom stereocenters. The summed E-state index contributed by atoms with van der Waals surface area (Å²) in [4.78, 5) is 8.40. The summed E-state index contributed by atoms with van der Waals surface area (Å²) < 4.78 is 43.6. The smallest absolute Gasteiger partial charge is 0.225 e. The molecule has 0 aliphatic carbocycles. The minimum Gasteiger partial charge on any atom is -0.383 e. The second-order valence-electron chi connectivity index (χ2n) is 6.97. The molecule has 2 aromatic heterocycles. The highest BCUT2D eigenvalue weighted by atomic mass is 19.2. The first-order chi connectivity index (χ1) is 13.4. The van der Waals surface area contributed by atoms with E-state index in [1.54, 1.807) is 0 Å². The number of halogens is 3. The molecule has 0 radical (unpaired) electrons. The maximum absolute atomic E-state index is 14.3. The molecule has 3 heterocycles. The number of nitrogens with one attached hydrogen (secondary N) is 1. The number of benzene rings is 1. The third kappa shape index (κ3) is 3.35. The predicted octanol–water partition coefficient (Wildman–Crippen LogP) is 2.17. The summed E-state index contributed by atoms with van der Waals surface area (Å²) in [6.45, 7) is 0.777. The van der Waals surface area contributed by atoms with Crippen LogP contribution in [0.3, 0.4) is 0 Å². The van der Waals surface area contributed by atoms with E-state index < -0.39 is 23.4 Å². The molecule has 3 aromatic rings. The van der Waals surface area contributed by atoms with Crippen LogP contribution >= 0.6 is 0 Å². The fourth-order valence-corrected chi connectivity index (χ4v) is 3.72. The average molecular weight is 391 g/mol. The van der Waals surface area contributed by atoms with Crippen LogP contribution in [0, 0.1) is 17.5 Å². The van der Waals surface area contributed by atoms with Crippen molar-refractivity contribution in [2.75, 3.05) is 18.0 Å². The van der Waals surface area contributed by atoms with Crippen molar-refractivity contribution in [3.8, 4) is 0 Å². The fourth-order valence-electron chi connectivity index (χ4n) is 3.72. The van der Waals surface area contributed by atoms with E-state index in [9.17, 15) is 13.2 Å². The molecule has 10 heteroatoms. The Morgan fingerprint density at radius 1 is 1.14 bits per heavy atom. The molecule has 1 aliphatic heterocycles. The first kappa shape index (κ1) is 18.5. The Hall–Kier alpha value is -2.88. The van der Waals surface area contributed by atoms with E-state index in [2.05, 4.69) is 20.4 Å². The molecule has 1 fully saturated rings. The average Bonchev–Trinajstić information content (AvgIpc) is 3.10. The Labute approximate surface area is 159 Å². The molecule has 0 bridgehead atoms. The first-order valence-corrected chi connectivity index (χ1v) is 9.08. The van der Waals surface area contributed by atoms with Crippen molar-refractivity contribution in [3.05, 3.63) is 47.0 Å². The van der Waals surface area contributed by atoms with Crippen molar-refractivity contribution in [1.82, 2.24) is 24.9 Å². The Kier molecular flexibility index (Phi) is 4.80. The van der Waals surface area contributed by atoms with Gasteiger partial charge in [0.25, 0.3) is 0 Å². The quantitative estimate of drug-likeness (QED) is 0.589. The Morgan fingerprint density at radius 2 is 1.93 bits per heavy atom. The summed E-state index contributed by atoms with van der Waals surface area (Å²) in [5.41, 5.74) is 11.6. The molecule has 2 atom stereocenters. The number of fused-ring (bicyclic) bond motifs is 1. The summed E-state index contributed by atoms with van der Waals surface area (Å²) in [6.07, 6.45) is 2.67. The third-order valence-electron chi connectivity index (χ3n) is 5.11.